The average Bonchev–Trinajstić information content (AvgIpc) is 2.59. The lowest BCUT2D eigenvalue weighted by molar-refractivity contribution is -0.146. The standard InChI is InChI=1S/C20H21NO3/c1-16(22)21-19(15-18-11-6-3-7-12-18)20(23)24-14-8-13-17-9-4-2-5-10-17/h2-13,19H,14-15H2,1H3,(H,21,22)/b13-8+/t19-/m0/s1. The van der Waals surface area contributed by atoms with E-state index in [-0.39, 0.29) is 12.5 Å². The first-order chi connectivity index (χ1) is 11.6. The monoisotopic (exact) mass is 323 g/mol. The zero-order valence-electron chi connectivity index (χ0n) is 13.6. The topological polar surface area (TPSA) is 55.4 Å². The van der Waals surface area contributed by atoms with Crippen molar-refractivity contribution in [3.05, 3.63) is 77.9 Å². The van der Waals surface area contributed by atoms with Crippen molar-refractivity contribution in [2.45, 2.75) is 19.4 Å². The Labute approximate surface area is 142 Å². The van der Waals surface area contributed by atoms with Crippen molar-refractivity contribution in [1.82, 2.24) is 5.32 Å². The van der Waals surface area contributed by atoms with Crippen LogP contribution in [-0.4, -0.2) is 24.5 Å². The molecular formula is C20H21NO3. The highest BCUT2D eigenvalue weighted by atomic mass is 16.5. The molecule has 0 bridgehead atoms. The van der Waals surface area contributed by atoms with Crippen LogP contribution in [0.3, 0.4) is 0 Å². The fourth-order valence-electron chi connectivity index (χ4n) is 2.27. The lowest BCUT2D eigenvalue weighted by Gasteiger charge is -2.16. The maximum absolute atomic E-state index is 12.2. The highest BCUT2D eigenvalue weighted by Crippen LogP contribution is 2.05. The van der Waals surface area contributed by atoms with E-state index in [1.165, 1.54) is 6.92 Å². The van der Waals surface area contributed by atoms with Crippen molar-refractivity contribution in [3.8, 4) is 0 Å². The van der Waals surface area contributed by atoms with Gasteiger partial charge in [0, 0.05) is 13.3 Å². The summed E-state index contributed by atoms with van der Waals surface area (Å²) in [5.74, 6) is -0.695. The lowest BCUT2D eigenvalue weighted by atomic mass is 10.1. The van der Waals surface area contributed by atoms with Gasteiger partial charge in [-0.1, -0.05) is 66.7 Å². The second-order valence-corrected chi connectivity index (χ2v) is 5.39. The van der Waals surface area contributed by atoms with E-state index < -0.39 is 12.0 Å². The summed E-state index contributed by atoms with van der Waals surface area (Å²) >= 11 is 0. The number of hydrogen-bond donors (Lipinski definition) is 1. The second-order valence-electron chi connectivity index (χ2n) is 5.39. The zero-order valence-corrected chi connectivity index (χ0v) is 13.6. The van der Waals surface area contributed by atoms with Crippen molar-refractivity contribution in [2.75, 3.05) is 6.61 Å². The second kappa shape index (κ2) is 9.30. The third-order valence-electron chi connectivity index (χ3n) is 3.38. The van der Waals surface area contributed by atoms with Crippen LogP contribution in [0.1, 0.15) is 18.1 Å². The number of hydrogen-bond acceptors (Lipinski definition) is 3. The third-order valence-corrected chi connectivity index (χ3v) is 3.38. The van der Waals surface area contributed by atoms with E-state index in [1.54, 1.807) is 6.08 Å². The molecule has 0 spiro atoms. The summed E-state index contributed by atoms with van der Waals surface area (Å²) in [6, 6.07) is 18.6. The highest BCUT2D eigenvalue weighted by Gasteiger charge is 2.21. The van der Waals surface area contributed by atoms with Crippen LogP contribution in [-0.2, 0) is 20.7 Å². The predicted molar refractivity (Wildman–Crippen MR) is 94.2 cm³/mol. The molecule has 0 aromatic heterocycles. The van der Waals surface area contributed by atoms with Gasteiger partial charge in [-0.2, -0.15) is 0 Å². The maximum atomic E-state index is 12.2. The molecule has 1 atom stereocenters. The largest absolute Gasteiger partial charge is 0.460 e. The van der Waals surface area contributed by atoms with E-state index in [9.17, 15) is 9.59 Å². The number of nitrogens with one attached hydrogen (secondary N) is 1. The van der Waals surface area contributed by atoms with Gasteiger partial charge in [0.25, 0.3) is 0 Å². The number of esters is 1. The average molecular weight is 323 g/mol. The number of carbonyl (C=O) groups is 2. The van der Waals surface area contributed by atoms with Gasteiger partial charge in [0.2, 0.25) is 5.91 Å². The molecule has 2 aromatic carbocycles. The van der Waals surface area contributed by atoms with E-state index in [0.717, 1.165) is 11.1 Å². The minimum Gasteiger partial charge on any atom is -0.460 e. The Kier molecular flexibility index (Phi) is 6.77. The number of rotatable bonds is 7. The molecule has 124 valence electrons. The van der Waals surface area contributed by atoms with Crippen LogP contribution in [0, 0.1) is 0 Å². The van der Waals surface area contributed by atoms with Gasteiger partial charge in [-0.15, -0.1) is 0 Å². The first-order valence-electron chi connectivity index (χ1n) is 7.84. The van der Waals surface area contributed by atoms with Crippen molar-refractivity contribution in [3.63, 3.8) is 0 Å². The summed E-state index contributed by atoms with van der Waals surface area (Å²) in [7, 11) is 0. The normalized spacial score (nSPS) is 11.9. The Morgan fingerprint density at radius 2 is 1.67 bits per heavy atom. The first-order valence-corrected chi connectivity index (χ1v) is 7.84. The Hall–Kier alpha value is -2.88. The van der Waals surface area contributed by atoms with Gasteiger partial charge in [-0.3, -0.25) is 4.79 Å². The molecule has 0 aliphatic rings. The van der Waals surface area contributed by atoms with Crippen molar-refractivity contribution in [2.24, 2.45) is 0 Å². The van der Waals surface area contributed by atoms with Crippen LogP contribution in [0.2, 0.25) is 0 Å². The molecule has 1 N–H and O–H groups in total. The third kappa shape index (κ3) is 6.08. The van der Waals surface area contributed by atoms with Crippen LogP contribution in [0.4, 0.5) is 0 Å². The Morgan fingerprint density at radius 1 is 1.04 bits per heavy atom. The van der Waals surface area contributed by atoms with Gasteiger partial charge < -0.3 is 10.1 Å². The molecule has 1 amide bonds. The molecule has 2 aromatic rings. The van der Waals surface area contributed by atoms with Crippen LogP contribution in [0.15, 0.2) is 66.7 Å². The summed E-state index contributed by atoms with van der Waals surface area (Å²) in [5.41, 5.74) is 2.00. The van der Waals surface area contributed by atoms with Gasteiger partial charge in [0.15, 0.2) is 0 Å². The van der Waals surface area contributed by atoms with E-state index >= 15 is 0 Å². The predicted octanol–water partition coefficient (Wildman–Crippen LogP) is 2.99. The maximum Gasteiger partial charge on any atom is 0.329 e. The number of carbonyl (C=O) groups excluding carboxylic acids is 2. The fraction of sp³-hybridized carbons (Fsp3) is 0.200. The molecule has 0 radical (unpaired) electrons. The number of amides is 1. The molecule has 4 heteroatoms. The smallest absolute Gasteiger partial charge is 0.329 e. The number of benzene rings is 2. The van der Waals surface area contributed by atoms with Gasteiger partial charge in [0.1, 0.15) is 12.6 Å². The van der Waals surface area contributed by atoms with Crippen molar-refractivity contribution >= 4 is 18.0 Å². The van der Waals surface area contributed by atoms with E-state index in [0.29, 0.717) is 6.42 Å². The molecule has 0 fully saturated rings. The minimum atomic E-state index is -0.685. The Balaban J connectivity index is 1.90. The molecule has 0 aliphatic carbocycles. The minimum absolute atomic E-state index is 0.165. The molecule has 4 nitrogen and oxygen atoms in total. The van der Waals surface area contributed by atoms with Crippen LogP contribution < -0.4 is 5.32 Å². The molecule has 0 heterocycles. The first kappa shape index (κ1) is 17.5. The highest BCUT2D eigenvalue weighted by molar-refractivity contribution is 5.83. The van der Waals surface area contributed by atoms with Crippen molar-refractivity contribution in [1.29, 1.82) is 0 Å². The molecule has 0 saturated carbocycles. The molecule has 2 rings (SSSR count). The molecule has 0 aliphatic heterocycles. The summed E-state index contributed by atoms with van der Waals surface area (Å²) in [6.45, 7) is 1.55. The molecule has 0 unspecified atom stereocenters. The molecule has 0 saturated heterocycles. The van der Waals surface area contributed by atoms with Crippen LogP contribution in [0.5, 0.6) is 0 Å². The fourth-order valence-corrected chi connectivity index (χ4v) is 2.27. The summed E-state index contributed by atoms with van der Waals surface area (Å²) < 4.78 is 5.26. The quantitative estimate of drug-likeness (QED) is 0.797. The summed E-state index contributed by atoms with van der Waals surface area (Å²) in [5, 5.41) is 2.65. The van der Waals surface area contributed by atoms with Gasteiger partial charge in [0.05, 0.1) is 0 Å². The lowest BCUT2D eigenvalue weighted by Crippen LogP contribution is -2.42. The SMILES string of the molecule is CC(=O)N[C@@H](Cc1ccccc1)C(=O)OC/C=C/c1ccccc1. The van der Waals surface area contributed by atoms with E-state index in [1.807, 2.05) is 66.7 Å². The molecular weight excluding hydrogens is 302 g/mol. The van der Waals surface area contributed by atoms with Crippen LogP contribution in [0.25, 0.3) is 6.08 Å². The van der Waals surface area contributed by atoms with E-state index in [2.05, 4.69) is 5.32 Å². The zero-order chi connectivity index (χ0) is 17.2. The Bertz CT molecular complexity index is 681. The van der Waals surface area contributed by atoms with Gasteiger partial charge in [-0.25, -0.2) is 4.79 Å². The number of ether oxygens (including phenoxy) is 1. The Morgan fingerprint density at radius 3 is 2.29 bits per heavy atom. The van der Waals surface area contributed by atoms with Crippen molar-refractivity contribution < 1.29 is 14.3 Å². The van der Waals surface area contributed by atoms with Crippen LogP contribution >= 0.6 is 0 Å². The van der Waals surface area contributed by atoms with Gasteiger partial charge in [-0.05, 0) is 17.2 Å². The van der Waals surface area contributed by atoms with E-state index in [4.69, 9.17) is 4.74 Å². The molecule has 24 heavy (non-hydrogen) atoms. The summed E-state index contributed by atoms with van der Waals surface area (Å²) in [6.07, 6.45) is 4.07. The van der Waals surface area contributed by atoms with Gasteiger partial charge >= 0.3 is 5.97 Å². The summed E-state index contributed by atoms with van der Waals surface area (Å²) in [4.78, 5) is 23.6.